The molecule has 4 nitrogen and oxygen atoms in total. The largest absolute Gasteiger partial charge is 0.488 e. The van der Waals surface area contributed by atoms with Crippen LogP contribution in [0.25, 0.3) is 0 Å². The van der Waals surface area contributed by atoms with Gasteiger partial charge in [0, 0.05) is 48.9 Å². The average molecular weight is 518 g/mol. The highest BCUT2D eigenvalue weighted by Gasteiger charge is 2.23. The first-order valence-electron chi connectivity index (χ1n) is 10.4. The number of carbonyl (C=O) groups excluding carboxylic acids is 1. The van der Waals surface area contributed by atoms with Gasteiger partial charge in [-0.1, -0.05) is 41.9 Å². The Balaban J connectivity index is 1.30. The van der Waals surface area contributed by atoms with Crippen LogP contribution in [0.4, 0.5) is 4.39 Å². The van der Waals surface area contributed by atoms with Gasteiger partial charge in [-0.05, 0) is 57.9 Å². The molecule has 0 atom stereocenters. The van der Waals surface area contributed by atoms with Crippen LogP contribution >= 0.6 is 27.5 Å². The van der Waals surface area contributed by atoms with Crippen LogP contribution in [0.1, 0.15) is 21.5 Å². The maximum absolute atomic E-state index is 14.0. The monoisotopic (exact) mass is 516 g/mol. The van der Waals surface area contributed by atoms with Gasteiger partial charge in [0.2, 0.25) is 0 Å². The van der Waals surface area contributed by atoms with E-state index in [1.807, 2.05) is 53.4 Å². The molecule has 1 fully saturated rings. The average Bonchev–Trinajstić information content (AvgIpc) is 2.81. The fraction of sp³-hybridized carbons (Fsp3) is 0.240. The van der Waals surface area contributed by atoms with Gasteiger partial charge in [-0.2, -0.15) is 0 Å². The Morgan fingerprint density at radius 3 is 2.38 bits per heavy atom. The van der Waals surface area contributed by atoms with Crippen LogP contribution in [0.2, 0.25) is 5.02 Å². The molecule has 1 heterocycles. The molecule has 0 radical (unpaired) electrons. The topological polar surface area (TPSA) is 32.8 Å². The molecule has 1 aliphatic rings. The predicted molar refractivity (Wildman–Crippen MR) is 128 cm³/mol. The van der Waals surface area contributed by atoms with Crippen molar-refractivity contribution in [1.29, 1.82) is 0 Å². The van der Waals surface area contributed by atoms with Crippen LogP contribution in [0.5, 0.6) is 5.75 Å². The van der Waals surface area contributed by atoms with E-state index in [-0.39, 0.29) is 11.7 Å². The molecular formula is C25H23BrClFN2O2. The number of carbonyl (C=O) groups is 1. The minimum absolute atomic E-state index is 0.00634. The van der Waals surface area contributed by atoms with E-state index in [9.17, 15) is 9.18 Å². The molecule has 1 saturated heterocycles. The Labute approximate surface area is 200 Å². The lowest BCUT2D eigenvalue weighted by Gasteiger charge is -2.35. The van der Waals surface area contributed by atoms with Crippen LogP contribution in [-0.2, 0) is 13.2 Å². The summed E-state index contributed by atoms with van der Waals surface area (Å²) in [7, 11) is 0. The Morgan fingerprint density at radius 2 is 1.69 bits per heavy atom. The number of para-hydroxylation sites is 1. The Hall–Kier alpha value is -2.41. The van der Waals surface area contributed by atoms with Gasteiger partial charge in [-0.25, -0.2) is 4.39 Å². The molecule has 32 heavy (non-hydrogen) atoms. The Bertz CT molecular complexity index is 1070. The van der Waals surface area contributed by atoms with E-state index in [1.54, 1.807) is 12.1 Å². The highest BCUT2D eigenvalue weighted by molar-refractivity contribution is 9.10. The van der Waals surface area contributed by atoms with Gasteiger partial charge in [-0.15, -0.1) is 0 Å². The van der Waals surface area contributed by atoms with Gasteiger partial charge < -0.3 is 9.64 Å². The fourth-order valence-corrected chi connectivity index (χ4v) is 4.29. The molecule has 7 heteroatoms. The van der Waals surface area contributed by atoms with Crippen molar-refractivity contribution in [2.75, 3.05) is 26.2 Å². The van der Waals surface area contributed by atoms with Gasteiger partial charge in [0.05, 0.1) is 4.47 Å². The molecule has 1 amide bonds. The van der Waals surface area contributed by atoms with Crippen molar-refractivity contribution in [1.82, 2.24) is 9.80 Å². The number of piperazine rings is 1. The van der Waals surface area contributed by atoms with Gasteiger partial charge in [-0.3, -0.25) is 9.69 Å². The first-order chi connectivity index (χ1) is 15.5. The second kappa shape index (κ2) is 10.5. The highest BCUT2D eigenvalue weighted by Crippen LogP contribution is 2.25. The number of amides is 1. The molecule has 0 N–H and O–H groups in total. The number of halogens is 3. The molecule has 4 rings (SSSR count). The molecule has 0 aromatic heterocycles. The number of benzene rings is 3. The normalized spacial score (nSPS) is 14.4. The van der Waals surface area contributed by atoms with Crippen molar-refractivity contribution in [3.05, 3.63) is 98.7 Å². The van der Waals surface area contributed by atoms with E-state index in [0.717, 1.165) is 15.8 Å². The zero-order valence-electron chi connectivity index (χ0n) is 17.4. The number of hydrogen-bond donors (Lipinski definition) is 0. The van der Waals surface area contributed by atoms with Crippen LogP contribution in [0, 0.1) is 5.82 Å². The highest BCUT2D eigenvalue weighted by atomic mass is 79.9. The number of hydrogen-bond acceptors (Lipinski definition) is 3. The fourth-order valence-electron chi connectivity index (χ4n) is 3.67. The van der Waals surface area contributed by atoms with Gasteiger partial charge in [0.1, 0.15) is 18.2 Å². The third-order valence-corrected chi connectivity index (χ3v) is 6.54. The van der Waals surface area contributed by atoms with E-state index >= 15 is 0 Å². The zero-order chi connectivity index (χ0) is 22.5. The Morgan fingerprint density at radius 1 is 0.969 bits per heavy atom. The van der Waals surface area contributed by atoms with Crippen molar-refractivity contribution in [2.24, 2.45) is 0 Å². The molecule has 0 bridgehead atoms. The molecule has 3 aromatic carbocycles. The van der Waals surface area contributed by atoms with Gasteiger partial charge >= 0.3 is 0 Å². The van der Waals surface area contributed by atoms with Crippen molar-refractivity contribution >= 4 is 33.4 Å². The first-order valence-corrected chi connectivity index (χ1v) is 11.6. The summed E-state index contributed by atoms with van der Waals surface area (Å²) in [6.07, 6.45) is 0. The Kier molecular flexibility index (Phi) is 7.45. The van der Waals surface area contributed by atoms with Crippen LogP contribution in [-0.4, -0.2) is 41.9 Å². The molecule has 166 valence electrons. The first kappa shape index (κ1) is 22.8. The van der Waals surface area contributed by atoms with E-state index in [2.05, 4.69) is 20.8 Å². The molecule has 1 aliphatic heterocycles. The summed E-state index contributed by atoms with van der Waals surface area (Å²) in [6, 6.07) is 19.9. The van der Waals surface area contributed by atoms with Crippen molar-refractivity contribution in [3.63, 3.8) is 0 Å². The number of rotatable bonds is 6. The standard InChI is InChI=1S/C25H23BrClFN2O2/c26-21-4-1-2-7-24(21)32-17-18-8-10-19(11-9-18)25(31)30-14-12-29(13-15-30)16-20-22(27)5-3-6-23(20)28/h1-11H,12-17H2. The minimum atomic E-state index is -0.292. The third kappa shape index (κ3) is 5.49. The lowest BCUT2D eigenvalue weighted by molar-refractivity contribution is 0.0627. The lowest BCUT2D eigenvalue weighted by atomic mass is 10.1. The summed E-state index contributed by atoms with van der Waals surface area (Å²) in [5.41, 5.74) is 2.15. The number of nitrogens with zero attached hydrogens (tertiary/aromatic N) is 2. The van der Waals surface area contributed by atoms with E-state index < -0.39 is 0 Å². The zero-order valence-corrected chi connectivity index (χ0v) is 19.8. The second-order valence-electron chi connectivity index (χ2n) is 7.68. The van der Waals surface area contributed by atoms with Gasteiger partial charge in [0.15, 0.2) is 0 Å². The molecule has 0 saturated carbocycles. The second-order valence-corrected chi connectivity index (χ2v) is 8.95. The summed E-state index contributed by atoms with van der Waals surface area (Å²) in [5.74, 6) is 0.494. The smallest absolute Gasteiger partial charge is 0.253 e. The maximum Gasteiger partial charge on any atom is 0.253 e. The molecule has 0 aliphatic carbocycles. The SMILES string of the molecule is O=C(c1ccc(COc2ccccc2Br)cc1)N1CCN(Cc2c(F)cccc2Cl)CC1. The molecule has 0 unspecified atom stereocenters. The van der Waals surface area contributed by atoms with E-state index in [1.165, 1.54) is 6.07 Å². The molecule has 3 aromatic rings. The summed E-state index contributed by atoms with van der Waals surface area (Å²) in [4.78, 5) is 16.9. The quantitative estimate of drug-likeness (QED) is 0.416. The van der Waals surface area contributed by atoms with Crippen molar-refractivity contribution in [2.45, 2.75) is 13.2 Å². The van der Waals surface area contributed by atoms with E-state index in [4.69, 9.17) is 16.3 Å². The van der Waals surface area contributed by atoms with E-state index in [0.29, 0.717) is 55.5 Å². The predicted octanol–water partition coefficient (Wildman–Crippen LogP) is 5.78. The van der Waals surface area contributed by atoms with Crippen LogP contribution in [0.15, 0.2) is 71.2 Å². The molecule has 0 spiro atoms. The summed E-state index contributed by atoms with van der Waals surface area (Å²) >= 11 is 9.61. The maximum atomic E-state index is 14.0. The number of ether oxygens (including phenoxy) is 1. The summed E-state index contributed by atoms with van der Waals surface area (Å²) in [5, 5.41) is 0.437. The van der Waals surface area contributed by atoms with Crippen LogP contribution < -0.4 is 4.74 Å². The lowest BCUT2D eigenvalue weighted by Crippen LogP contribution is -2.48. The molecular weight excluding hydrogens is 495 g/mol. The van der Waals surface area contributed by atoms with Gasteiger partial charge in [0.25, 0.3) is 5.91 Å². The summed E-state index contributed by atoms with van der Waals surface area (Å²) in [6.45, 7) is 3.41. The van der Waals surface area contributed by atoms with Crippen molar-refractivity contribution in [3.8, 4) is 5.75 Å². The van der Waals surface area contributed by atoms with Crippen LogP contribution in [0.3, 0.4) is 0 Å². The minimum Gasteiger partial charge on any atom is -0.488 e. The third-order valence-electron chi connectivity index (χ3n) is 5.53. The van der Waals surface area contributed by atoms with Crippen molar-refractivity contribution < 1.29 is 13.9 Å². The summed E-state index contributed by atoms with van der Waals surface area (Å²) < 4.78 is 20.8.